The summed E-state index contributed by atoms with van der Waals surface area (Å²) in [6.07, 6.45) is -0.279. The molecule has 1 aliphatic carbocycles. The van der Waals surface area contributed by atoms with Crippen LogP contribution in [0.3, 0.4) is 0 Å². The lowest BCUT2D eigenvalue weighted by atomic mass is 9.92. The molecule has 3 aromatic carbocycles. The molecule has 0 unspecified atom stereocenters. The Bertz CT molecular complexity index is 1420. The number of carbonyl (C=O) groups excluding carboxylic acids is 3. The summed E-state index contributed by atoms with van der Waals surface area (Å²) in [5.74, 6) is -1.02. The van der Waals surface area contributed by atoms with Crippen LogP contribution in [0.15, 0.2) is 72.8 Å². The number of nitrogens with zero attached hydrogens (tertiary/aromatic N) is 1. The SMILES string of the molecule is CC(C)[C@H](NC(=O)OCC1c2ccccc2-c2ccccc21)C(=O)N1Cc2ccccc2C[C@H]1C(=O)O[Si](C)(C)C. The van der Waals surface area contributed by atoms with Gasteiger partial charge in [-0.25, -0.2) is 4.79 Å². The fourth-order valence-electron chi connectivity index (χ4n) is 5.79. The molecule has 0 saturated carbocycles. The molecule has 0 saturated heterocycles. The van der Waals surface area contributed by atoms with Crippen molar-refractivity contribution in [2.75, 3.05) is 6.61 Å². The average molecular weight is 571 g/mol. The summed E-state index contributed by atoms with van der Waals surface area (Å²) in [6.45, 7) is 10.0. The van der Waals surface area contributed by atoms with Gasteiger partial charge in [0.1, 0.15) is 18.7 Å². The van der Waals surface area contributed by atoms with Crippen molar-refractivity contribution in [2.24, 2.45) is 5.92 Å². The fourth-order valence-corrected chi connectivity index (χ4v) is 6.53. The highest BCUT2D eigenvalue weighted by Crippen LogP contribution is 2.44. The third-order valence-electron chi connectivity index (χ3n) is 7.76. The van der Waals surface area contributed by atoms with E-state index in [0.29, 0.717) is 6.42 Å². The molecule has 214 valence electrons. The zero-order chi connectivity index (χ0) is 29.3. The molecule has 0 aromatic heterocycles. The Morgan fingerprint density at radius 1 is 0.878 bits per heavy atom. The summed E-state index contributed by atoms with van der Waals surface area (Å²) in [5.41, 5.74) is 6.55. The molecule has 7 nitrogen and oxygen atoms in total. The van der Waals surface area contributed by atoms with Crippen LogP contribution in [-0.4, -0.2) is 49.9 Å². The molecule has 3 aromatic rings. The molecule has 1 aliphatic heterocycles. The lowest BCUT2D eigenvalue weighted by Gasteiger charge is -2.39. The van der Waals surface area contributed by atoms with Crippen LogP contribution >= 0.6 is 0 Å². The predicted octanol–water partition coefficient (Wildman–Crippen LogP) is 5.88. The maximum absolute atomic E-state index is 14.0. The Hall–Kier alpha value is -3.91. The fraction of sp³-hybridized carbons (Fsp3) is 0.364. The van der Waals surface area contributed by atoms with Gasteiger partial charge in [0.2, 0.25) is 14.2 Å². The van der Waals surface area contributed by atoms with Crippen molar-refractivity contribution in [1.29, 1.82) is 0 Å². The van der Waals surface area contributed by atoms with Crippen LogP contribution in [0.5, 0.6) is 0 Å². The van der Waals surface area contributed by atoms with Crippen molar-refractivity contribution in [3.8, 4) is 11.1 Å². The number of benzene rings is 3. The zero-order valence-electron chi connectivity index (χ0n) is 24.3. The minimum Gasteiger partial charge on any atom is -0.518 e. The highest BCUT2D eigenvalue weighted by molar-refractivity contribution is 6.71. The van der Waals surface area contributed by atoms with Crippen molar-refractivity contribution < 1.29 is 23.5 Å². The number of hydrogen-bond donors (Lipinski definition) is 1. The number of carbonyl (C=O) groups is 3. The van der Waals surface area contributed by atoms with Crippen LogP contribution in [0, 0.1) is 5.92 Å². The molecule has 8 heteroatoms. The van der Waals surface area contributed by atoms with Crippen molar-refractivity contribution in [2.45, 2.75) is 64.5 Å². The summed E-state index contributed by atoms with van der Waals surface area (Å²) in [6, 6.07) is 22.5. The highest BCUT2D eigenvalue weighted by atomic mass is 28.4. The van der Waals surface area contributed by atoms with E-state index in [1.807, 2.05) is 82.0 Å². The summed E-state index contributed by atoms with van der Waals surface area (Å²) in [7, 11) is -2.19. The van der Waals surface area contributed by atoms with E-state index in [4.69, 9.17) is 9.16 Å². The van der Waals surface area contributed by atoms with Gasteiger partial charge in [0.05, 0.1) is 0 Å². The molecule has 0 bridgehead atoms. The Morgan fingerprint density at radius 3 is 2.02 bits per heavy atom. The van der Waals surface area contributed by atoms with Gasteiger partial charge >= 0.3 is 12.1 Å². The summed E-state index contributed by atoms with van der Waals surface area (Å²) >= 11 is 0. The second-order valence-corrected chi connectivity index (χ2v) is 16.6. The van der Waals surface area contributed by atoms with Crippen LogP contribution in [-0.2, 0) is 31.7 Å². The van der Waals surface area contributed by atoms with Crippen LogP contribution < -0.4 is 5.32 Å². The van der Waals surface area contributed by atoms with Gasteiger partial charge in [-0.2, -0.15) is 0 Å². The van der Waals surface area contributed by atoms with Crippen LogP contribution in [0.25, 0.3) is 11.1 Å². The lowest BCUT2D eigenvalue weighted by Crippen LogP contribution is -2.58. The zero-order valence-corrected chi connectivity index (χ0v) is 25.3. The van der Waals surface area contributed by atoms with E-state index in [0.717, 1.165) is 33.4 Å². The Morgan fingerprint density at radius 2 is 1.44 bits per heavy atom. The van der Waals surface area contributed by atoms with Gasteiger partial charge in [-0.15, -0.1) is 0 Å². The predicted molar refractivity (Wildman–Crippen MR) is 161 cm³/mol. The minimum atomic E-state index is -2.19. The number of fused-ring (bicyclic) bond motifs is 4. The molecule has 1 heterocycles. The molecule has 0 spiro atoms. The van der Waals surface area contributed by atoms with Gasteiger partial charge in [-0.3, -0.25) is 9.59 Å². The topological polar surface area (TPSA) is 84.9 Å². The minimum absolute atomic E-state index is 0.0827. The number of amides is 2. The maximum Gasteiger partial charge on any atom is 0.407 e. The summed E-state index contributed by atoms with van der Waals surface area (Å²) in [4.78, 5) is 42.0. The number of hydrogen-bond acceptors (Lipinski definition) is 5. The first kappa shape index (κ1) is 28.6. The highest BCUT2D eigenvalue weighted by Gasteiger charge is 2.41. The molecule has 0 fully saturated rings. The van der Waals surface area contributed by atoms with Crippen molar-refractivity contribution in [3.05, 3.63) is 95.1 Å². The van der Waals surface area contributed by atoms with Gasteiger partial charge < -0.3 is 19.4 Å². The lowest BCUT2D eigenvalue weighted by molar-refractivity contribution is -0.151. The van der Waals surface area contributed by atoms with Gasteiger partial charge in [-0.1, -0.05) is 86.6 Å². The van der Waals surface area contributed by atoms with Crippen molar-refractivity contribution in [1.82, 2.24) is 10.2 Å². The maximum atomic E-state index is 14.0. The van der Waals surface area contributed by atoms with Crippen LogP contribution in [0.2, 0.25) is 19.6 Å². The smallest absolute Gasteiger partial charge is 0.407 e. The van der Waals surface area contributed by atoms with Gasteiger partial charge in [0, 0.05) is 18.9 Å². The summed E-state index contributed by atoms with van der Waals surface area (Å²) < 4.78 is 11.6. The third-order valence-corrected chi connectivity index (χ3v) is 8.57. The Labute approximate surface area is 243 Å². The number of rotatable bonds is 7. The molecule has 2 aliphatic rings. The van der Waals surface area contributed by atoms with E-state index in [1.54, 1.807) is 4.90 Å². The second-order valence-electron chi connectivity index (χ2n) is 12.2. The molecular formula is C33H38N2O5Si. The molecular weight excluding hydrogens is 532 g/mol. The second kappa shape index (κ2) is 11.5. The van der Waals surface area contributed by atoms with Gasteiger partial charge in [-0.05, 0) is 58.9 Å². The van der Waals surface area contributed by atoms with Crippen molar-refractivity contribution in [3.63, 3.8) is 0 Å². The molecule has 2 atom stereocenters. The number of alkyl carbamates (subject to hydrolysis) is 1. The summed E-state index contributed by atoms with van der Waals surface area (Å²) in [5, 5.41) is 2.82. The van der Waals surface area contributed by atoms with Gasteiger partial charge in [0.15, 0.2) is 0 Å². The van der Waals surface area contributed by atoms with Crippen LogP contribution in [0.4, 0.5) is 4.79 Å². The first-order chi connectivity index (χ1) is 19.5. The molecule has 5 rings (SSSR count). The standard InChI is InChI=1S/C33H38N2O5Si/c1-21(2)30(31(36)35-19-23-13-7-6-12-22(23)18-29(35)32(37)40-41(3,4)5)34-33(38)39-20-28-26-16-10-8-14-24(26)25-15-9-11-17-27(25)28/h6-17,21,28-30H,18-20H2,1-5H3,(H,34,38)/t29-,30-/m0/s1. The third kappa shape index (κ3) is 6.07. The largest absolute Gasteiger partial charge is 0.518 e. The molecule has 41 heavy (non-hydrogen) atoms. The normalized spacial score (nSPS) is 16.8. The number of nitrogens with one attached hydrogen (secondary N) is 1. The first-order valence-corrected chi connectivity index (χ1v) is 17.7. The van der Waals surface area contributed by atoms with Crippen molar-refractivity contribution >= 4 is 26.3 Å². The molecule has 0 radical (unpaired) electrons. The monoisotopic (exact) mass is 570 g/mol. The van der Waals surface area contributed by atoms with E-state index < -0.39 is 32.5 Å². The molecule has 1 N–H and O–H groups in total. The van der Waals surface area contributed by atoms with E-state index in [9.17, 15) is 14.4 Å². The van der Waals surface area contributed by atoms with E-state index in [-0.39, 0.29) is 30.9 Å². The van der Waals surface area contributed by atoms with Crippen LogP contribution in [0.1, 0.15) is 42.0 Å². The van der Waals surface area contributed by atoms with E-state index >= 15 is 0 Å². The molecule has 2 amide bonds. The van der Waals surface area contributed by atoms with E-state index in [2.05, 4.69) is 29.6 Å². The Kier molecular flexibility index (Phi) is 8.04. The van der Waals surface area contributed by atoms with Gasteiger partial charge in [0.25, 0.3) is 0 Å². The first-order valence-electron chi connectivity index (χ1n) is 14.2. The Balaban J connectivity index is 1.32. The number of ether oxygens (including phenoxy) is 1. The quantitative estimate of drug-likeness (QED) is 0.359. The van der Waals surface area contributed by atoms with E-state index in [1.165, 1.54) is 0 Å². The average Bonchev–Trinajstić information content (AvgIpc) is 3.26.